The lowest BCUT2D eigenvalue weighted by atomic mass is 9.99. The minimum absolute atomic E-state index is 0.0628. The van der Waals surface area contributed by atoms with Gasteiger partial charge >= 0.3 is 0 Å². The molecule has 4 rings (SSSR count). The van der Waals surface area contributed by atoms with Gasteiger partial charge in [-0.15, -0.1) is 0 Å². The van der Waals surface area contributed by atoms with Gasteiger partial charge in [-0.3, -0.25) is 4.79 Å². The largest absolute Gasteiger partial charge is 0.384 e. The van der Waals surface area contributed by atoms with Gasteiger partial charge in [0, 0.05) is 37.3 Å². The lowest BCUT2D eigenvalue weighted by molar-refractivity contribution is 0.0269. The summed E-state index contributed by atoms with van der Waals surface area (Å²) in [5, 5.41) is 2.08. The van der Waals surface area contributed by atoms with E-state index < -0.39 is 0 Å². The SMILES string of the molecule is COC1CCCN(C(=O)c2cccc(-c3ccc4cnc(N)cc4c3)c2)C1. The van der Waals surface area contributed by atoms with Crippen LogP contribution in [-0.2, 0) is 4.74 Å². The number of nitrogens with zero attached hydrogens (tertiary/aromatic N) is 2. The molecule has 1 saturated heterocycles. The van der Waals surface area contributed by atoms with Crippen LogP contribution < -0.4 is 5.73 Å². The Balaban J connectivity index is 1.63. The van der Waals surface area contributed by atoms with Gasteiger partial charge in [-0.05, 0) is 53.6 Å². The number of nitrogens with two attached hydrogens (primary N) is 1. The summed E-state index contributed by atoms with van der Waals surface area (Å²) in [6.07, 6.45) is 3.89. The maximum absolute atomic E-state index is 12.9. The molecule has 1 amide bonds. The van der Waals surface area contributed by atoms with Crippen molar-refractivity contribution in [3.05, 3.63) is 60.3 Å². The standard InChI is InChI=1S/C22H23N3O2/c1-27-20-6-3-9-25(14-20)22(26)17-5-2-4-15(10-17)16-7-8-18-13-24-21(23)12-19(18)11-16/h2,4-5,7-8,10-13,20H,3,6,9,14H2,1H3,(H2,23,24). The third kappa shape index (κ3) is 3.64. The molecule has 1 unspecified atom stereocenters. The molecule has 1 fully saturated rings. The average molecular weight is 361 g/mol. The number of carbonyl (C=O) groups excluding carboxylic acids is 1. The molecule has 1 atom stereocenters. The molecule has 1 aromatic heterocycles. The van der Waals surface area contributed by atoms with Crippen LogP contribution in [0.15, 0.2) is 54.7 Å². The number of likely N-dealkylation sites (tertiary alicyclic amines) is 1. The highest BCUT2D eigenvalue weighted by molar-refractivity contribution is 5.96. The van der Waals surface area contributed by atoms with Crippen LogP contribution in [-0.4, -0.2) is 42.1 Å². The molecule has 0 spiro atoms. The van der Waals surface area contributed by atoms with Crippen molar-refractivity contribution in [3.63, 3.8) is 0 Å². The average Bonchev–Trinajstić information content (AvgIpc) is 2.72. The van der Waals surface area contributed by atoms with Gasteiger partial charge in [0.25, 0.3) is 5.91 Å². The van der Waals surface area contributed by atoms with Gasteiger partial charge in [0.1, 0.15) is 5.82 Å². The van der Waals surface area contributed by atoms with Crippen molar-refractivity contribution in [2.75, 3.05) is 25.9 Å². The van der Waals surface area contributed by atoms with Crippen molar-refractivity contribution in [2.45, 2.75) is 18.9 Å². The second-order valence-electron chi connectivity index (χ2n) is 7.00. The third-order valence-corrected chi connectivity index (χ3v) is 5.18. The summed E-state index contributed by atoms with van der Waals surface area (Å²) in [4.78, 5) is 19.0. The first-order chi connectivity index (χ1) is 13.1. The lowest BCUT2D eigenvalue weighted by Crippen LogP contribution is -2.42. The molecule has 5 nitrogen and oxygen atoms in total. The van der Waals surface area contributed by atoms with Gasteiger partial charge in [0.2, 0.25) is 0 Å². The Hall–Kier alpha value is -2.92. The van der Waals surface area contributed by atoms with Crippen LogP contribution >= 0.6 is 0 Å². The number of fused-ring (bicyclic) bond motifs is 1. The van der Waals surface area contributed by atoms with Gasteiger partial charge < -0.3 is 15.4 Å². The van der Waals surface area contributed by atoms with E-state index in [9.17, 15) is 4.79 Å². The van der Waals surface area contributed by atoms with E-state index in [4.69, 9.17) is 10.5 Å². The highest BCUT2D eigenvalue weighted by atomic mass is 16.5. The second kappa shape index (κ2) is 7.37. The summed E-state index contributed by atoms with van der Waals surface area (Å²) in [6.45, 7) is 1.44. The molecule has 0 aliphatic carbocycles. The van der Waals surface area contributed by atoms with Crippen LogP contribution in [0.5, 0.6) is 0 Å². The molecule has 2 heterocycles. The number of piperidine rings is 1. The maximum Gasteiger partial charge on any atom is 0.253 e. The van der Waals surface area contributed by atoms with Crippen molar-refractivity contribution in [2.24, 2.45) is 0 Å². The predicted molar refractivity (Wildman–Crippen MR) is 108 cm³/mol. The molecule has 1 aliphatic heterocycles. The summed E-state index contributed by atoms with van der Waals surface area (Å²) in [6, 6.07) is 15.8. The van der Waals surface area contributed by atoms with E-state index in [1.54, 1.807) is 13.3 Å². The van der Waals surface area contributed by atoms with E-state index in [-0.39, 0.29) is 12.0 Å². The molecule has 3 aromatic rings. The Morgan fingerprint density at radius 1 is 1.15 bits per heavy atom. The lowest BCUT2D eigenvalue weighted by Gasteiger charge is -2.32. The molecular weight excluding hydrogens is 338 g/mol. The first kappa shape index (κ1) is 17.5. The van der Waals surface area contributed by atoms with Gasteiger partial charge in [-0.25, -0.2) is 4.98 Å². The molecule has 0 radical (unpaired) electrons. The monoisotopic (exact) mass is 361 g/mol. The normalized spacial score (nSPS) is 17.2. The fourth-order valence-corrected chi connectivity index (χ4v) is 3.67. The number of anilines is 1. The number of hydrogen-bond acceptors (Lipinski definition) is 4. The number of benzene rings is 2. The zero-order valence-corrected chi connectivity index (χ0v) is 15.4. The smallest absolute Gasteiger partial charge is 0.253 e. The van der Waals surface area contributed by atoms with E-state index in [0.717, 1.165) is 41.3 Å². The molecule has 0 bridgehead atoms. The molecule has 138 valence electrons. The molecule has 27 heavy (non-hydrogen) atoms. The summed E-state index contributed by atoms with van der Waals surface area (Å²) in [5.74, 6) is 0.564. The third-order valence-electron chi connectivity index (χ3n) is 5.18. The summed E-state index contributed by atoms with van der Waals surface area (Å²) in [5.41, 5.74) is 8.58. The topological polar surface area (TPSA) is 68.5 Å². The van der Waals surface area contributed by atoms with Gasteiger partial charge in [0.05, 0.1) is 6.10 Å². The molecule has 5 heteroatoms. The first-order valence-electron chi connectivity index (χ1n) is 9.22. The molecule has 2 aromatic carbocycles. The molecular formula is C22H23N3O2. The number of methoxy groups -OCH3 is 1. The number of carbonyl (C=O) groups is 1. The summed E-state index contributed by atoms with van der Waals surface area (Å²) in [7, 11) is 1.71. The zero-order valence-electron chi connectivity index (χ0n) is 15.4. The van der Waals surface area contributed by atoms with Crippen LogP contribution in [0.25, 0.3) is 21.9 Å². The zero-order chi connectivity index (χ0) is 18.8. The minimum Gasteiger partial charge on any atom is -0.384 e. The van der Waals surface area contributed by atoms with Crippen LogP contribution in [0.1, 0.15) is 23.2 Å². The van der Waals surface area contributed by atoms with Gasteiger partial charge in [-0.2, -0.15) is 0 Å². The van der Waals surface area contributed by atoms with E-state index in [1.807, 2.05) is 47.4 Å². The number of hydrogen-bond donors (Lipinski definition) is 1. The van der Waals surface area contributed by atoms with Crippen molar-refractivity contribution in [1.82, 2.24) is 9.88 Å². The van der Waals surface area contributed by atoms with Crippen LogP contribution in [0.3, 0.4) is 0 Å². The fraction of sp³-hybridized carbons (Fsp3) is 0.273. The summed E-state index contributed by atoms with van der Waals surface area (Å²) >= 11 is 0. The predicted octanol–water partition coefficient (Wildman–Crippen LogP) is 3.74. The van der Waals surface area contributed by atoms with Crippen molar-refractivity contribution < 1.29 is 9.53 Å². The molecule has 2 N–H and O–H groups in total. The van der Waals surface area contributed by atoms with Crippen molar-refractivity contribution >= 4 is 22.5 Å². The van der Waals surface area contributed by atoms with E-state index in [2.05, 4.69) is 11.1 Å². The maximum atomic E-state index is 12.9. The summed E-state index contributed by atoms with van der Waals surface area (Å²) < 4.78 is 5.44. The van der Waals surface area contributed by atoms with Gasteiger partial charge in [-0.1, -0.05) is 24.3 Å². The van der Waals surface area contributed by atoms with E-state index in [0.29, 0.717) is 17.9 Å². The second-order valence-corrected chi connectivity index (χ2v) is 7.00. The Labute approximate surface area is 158 Å². The van der Waals surface area contributed by atoms with Crippen molar-refractivity contribution in [3.8, 4) is 11.1 Å². The number of amides is 1. The number of aromatic nitrogens is 1. The Kier molecular flexibility index (Phi) is 4.77. The highest BCUT2D eigenvalue weighted by Crippen LogP contribution is 2.26. The fourth-order valence-electron chi connectivity index (χ4n) is 3.67. The minimum atomic E-state index is 0.0628. The Bertz CT molecular complexity index is 986. The van der Waals surface area contributed by atoms with Crippen molar-refractivity contribution in [1.29, 1.82) is 0 Å². The first-order valence-corrected chi connectivity index (χ1v) is 9.22. The molecule has 1 aliphatic rings. The van der Waals surface area contributed by atoms with Gasteiger partial charge in [0.15, 0.2) is 0 Å². The van der Waals surface area contributed by atoms with E-state index >= 15 is 0 Å². The number of pyridine rings is 1. The highest BCUT2D eigenvalue weighted by Gasteiger charge is 2.24. The number of rotatable bonds is 3. The number of ether oxygens (including phenoxy) is 1. The molecule has 0 saturated carbocycles. The Morgan fingerprint density at radius 3 is 2.85 bits per heavy atom. The Morgan fingerprint density at radius 2 is 2.00 bits per heavy atom. The van der Waals surface area contributed by atoms with Crippen LogP contribution in [0.2, 0.25) is 0 Å². The van der Waals surface area contributed by atoms with E-state index in [1.165, 1.54) is 0 Å². The quantitative estimate of drug-likeness (QED) is 0.772. The van der Waals surface area contributed by atoms with Crippen LogP contribution in [0.4, 0.5) is 5.82 Å². The van der Waals surface area contributed by atoms with Crippen LogP contribution in [0, 0.1) is 0 Å². The number of nitrogen functional groups attached to an aromatic ring is 1.